The van der Waals surface area contributed by atoms with Gasteiger partial charge in [-0.2, -0.15) is 0 Å². The summed E-state index contributed by atoms with van der Waals surface area (Å²) < 4.78 is 0. The molecule has 4 nitrogen and oxygen atoms in total. The fourth-order valence-electron chi connectivity index (χ4n) is 0.962. The molecule has 0 aromatic carbocycles. The number of amides is 1. The summed E-state index contributed by atoms with van der Waals surface area (Å²) in [5.74, 6) is 0.0693. The number of nitrogens with two attached hydrogens (primary N) is 1. The minimum absolute atomic E-state index is 0.217. The van der Waals surface area contributed by atoms with E-state index in [1.807, 2.05) is 6.92 Å². The van der Waals surface area contributed by atoms with E-state index in [1.165, 1.54) is 0 Å². The molecule has 0 aromatic heterocycles. The van der Waals surface area contributed by atoms with Crippen LogP contribution >= 0.6 is 0 Å². The molecule has 0 aromatic rings. The van der Waals surface area contributed by atoms with Gasteiger partial charge in [-0.3, -0.25) is 4.79 Å². The van der Waals surface area contributed by atoms with Gasteiger partial charge in [0, 0.05) is 13.0 Å². The second kappa shape index (κ2) is 8.01. The number of aliphatic hydroxyl groups excluding tert-OH is 1. The van der Waals surface area contributed by atoms with E-state index in [9.17, 15) is 4.79 Å². The van der Waals surface area contributed by atoms with E-state index in [0.29, 0.717) is 12.3 Å². The molecule has 0 aliphatic rings. The highest BCUT2D eigenvalue weighted by Crippen LogP contribution is 1.93. The Morgan fingerprint density at radius 1 is 1.54 bits per heavy atom. The average molecular weight is 188 g/mol. The van der Waals surface area contributed by atoms with Gasteiger partial charge in [-0.1, -0.05) is 6.92 Å². The zero-order valence-corrected chi connectivity index (χ0v) is 8.25. The van der Waals surface area contributed by atoms with Crippen LogP contribution in [-0.2, 0) is 4.79 Å². The number of aliphatic hydroxyl groups is 1. The van der Waals surface area contributed by atoms with Crippen LogP contribution in [0.1, 0.15) is 26.2 Å². The average Bonchev–Trinajstić information content (AvgIpc) is 2.10. The van der Waals surface area contributed by atoms with Crippen molar-refractivity contribution >= 4 is 5.91 Å². The van der Waals surface area contributed by atoms with E-state index in [-0.39, 0.29) is 12.5 Å². The molecular formula is C9H20N2O2. The zero-order chi connectivity index (χ0) is 10.1. The molecule has 0 saturated heterocycles. The maximum absolute atomic E-state index is 10.4. The van der Waals surface area contributed by atoms with Gasteiger partial charge in [-0.25, -0.2) is 0 Å². The van der Waals surface area contributed by atoms with Gasteiger partial charge < -0.3 is 16.2 Å². The summed E-state index contributed by atoms with van der Waals surface area (Å²) in [5, 5.41) is 11.9. The van der Waals surface area contributed by atoms with Crippen molar-refractivity contribution in [2.75, 3.05) is 19.7 Å². The molecule has 0 aliphatic carbocycles. The quantitative estimate of drug-likeness (QED) is 0.464. The minimum Gasteiger partial charge on any atom is -0.396 e. The van der Waals surface area contributed by atoms with E-state index in [2.05, 4.69) is 5.32 Å². The molecule has 0 aliphatic heterocycles. The van der Waals surface area contributed by atoms with Crippen LogP contribution in [0.3, 0.4) is 0 Å². The number of carbonyl (C=O) groups excluding carboxylic acids is 1. The molecule has 0 radical (unpaired) electrons. The summed E-state index contributed by atoms with van der Waals surface area (Å²) in [4.78, 5) is 10.4. The lowest BCUT2D eigenvalue weighted by molar-refractivity contribution is -0.118. The van der Waals surface area contributed by atoms with Crippen LogP contribution in [0, 0.1) is 5.92 Å². The van der Waals surface area contributed by atoms with Gasteiger partial charge in [-0.15, -0.1) is 0 Å². The van der Waals surface area contributed by atoms with Crippen molar-refractivity contribution in [2.24, 2.45) is 11.7 Å². The molecular weight excluding hydrogens is 168 g/mol. The number of unbranched alkanes of at least 4 members (excludes halogenated alkanes) is 1. The van der Waals surface area contributed by atoms with Gasteiger partial charge in [0.2, 0.25) is 5.91 Å². The molecule has 0 saturated carbocycles. The summed E-state index contributed by atoms with van der Waals surface area (Å²) in [6, 6.07) is 0. The van der Waals surface area contributed by atoms with Crippen LogP contribution in [0.2, 0.25) is 0 Å². The first kappa shape index (κ1) is 12.4. The standard InChI is InChI=1S/C9H20N2O2/c1-8(7-12)6-11-5-3-2-4-9(10)13/h8,11-12H,2-7H2,1H3,(H2,10,13). The second-order valence-corrected chi connectivity index (χ2v) is 3.42. The Bertz CT molecular complexity index is 140. The number of rotatable bonds is 8. The summed E-state index contributed by atoms with van der Waals surface area (Å²) >= 11 is 0. The van der Waals surface area contributed by atoms with Gasteiger partial charge in [0.1, 0.15) is 0 Å². The monoisotopic (exact) mass is 188 g/mol. The minimum atomic E-state index is -0.233. The van der Waals surface area contributed by atoms with E-state index >= 15 is 0 Å². The number of hydrogen-bond donors (Lipinski definition) is 3. The molecule has 13 heavy (non-hydrogen) atoms. The largest absolute Gasteiger partial charge is 0.396 e. The van der Waals surface area contributed by atoms with Crippen molar-refractivity contribution in [1.29, 1.82) is 0 Å². The van der Waals surface area contributed by atoms with Crippen LogP contribution in [0.5, 0.6) is 0 Å². The van der Waals surface area contributed by atoms with E-state index in [1.54, 1.807) is 0 Å². The fourth-order valence-corrected chi connectivity index (χ4v) is 0.962. The van der Waals surface area contributed by atoms with Gasteiger partial charge in [-0.05, 0) is 31.8 Å². The molecule has 0 heterocycles. The summed E-state index contributed by atoms with van der Waals surface area (Å²) in [6.45, 7) is 3.91. The van der Waals surface area contributed by atoms with Crippen molar-refractivity contribution in [3.05, 3.63) is 0 Å². The third-order valence-electron chi connectivity index (χ3n) is 1.83. The maximum Gasteiger partial charge on any atom is 0.217 e. The Balaban J connectivity index is 3.04. The molecule has 0 bridgehead atoms. The highest BCUT2D eigenvalue weighted by molar-refractivity contribution is 5.73. The van der Waals surface area contributed by atoms with Gasteiger partial charge >= 0.3 is 0 Å². The molecule has 1 amide bonds. The summed E-state index contributed by atoms with van der Waals surface area (Å²) in [7, 11) is 0. The van der Waals surface area contributed by atoms with Crippen molar-refractivity contribution < 1.29 is 9.90 Å². The molecule has 4 N–H and O–H groups in total. The predicted molar refractivity (Wildman–Crippen MR) is 52.2 cm³/mol. The van der Waals surface area contributed by atoms with Crippen molar-refractivity contribution in [2.45, 2.75) is 26.2 Å². The maximum atomic E-state index is 10.4. The Kier molecular flexibility index (Phi) is 7.63. The molecule has 0 spiro atoms. The summed E-state index contributed by atoms with van der Waals surface area (Å²) in [5.41, 5.74) is 4.98. The molecule has 0 rings (SSSR count). The van der Waals surface area contributed by atoms with Crippen molar-refractivity contribution in [1.82, 2.24) is 5.32 Å². The van der Waals surface area contributed by atoms with Gasteiger partial charge in [0.25, 0.3) is 0 Å². The Morgan fingerprint density at radius 3 is 2.77 bits per heavy atom. The van der Waals surface area contributed by atoms with Crippen LogP contribution in [0.4, 0.5) is 0 Å². The van der Waals surface area contributed by atoms with Crippen LogP contribution in [-0.4, -0.2) is 30.7 Å². The molecule has 1 unspecified atom stereocenters. The van der Waals surface area contributed by atoms with Crippen LogP contribution in [0.15, 0.2) is 0 Å². The van der Waals surface area contributed by atoms with Crippen molar-refractivity contribution in [3.8, 4) is 0 Å². The highest BCUT2D eigenvalue weighted by Gasteiger charge is 1.98. The number of primary amides is 1. The number of hydrogen-bond acceptors (Lipinski definition) is 3. The third-order valence-corrected chi connectivity index (χ3v) is 1.83. The SMILES string of the molecule is CC(CO)CNCCCCC(N)=O. The van der Waals surface area contributed by atoms with E-state index in [0.717, 1.165) is 25.9 Å². The molecule has 0 fully saturated rings. The lowest BCUT2D eigenvalue weighted by Gasteiger charge is -2.08. The topological polar surface area (TPSA) is 75.3 Å². The van der Waals surface area contributed by atoms with Gasteiger partial charge in [0.05, 0.1) is 0 Å². The summed E-state index contributed by atoms with van der Waals surface area (Å²) in [6.07, 6.45) is 2.27. The first-order valence-corrected chi connectivity index (χ1v) is 4.76. The normalized spacial score (nSPS) is 12.8. The lowest BCUT2D eigenvalue weighted by Crippen LogP contribution is -2.24. The van der Waals surface area contributed by atoms with Crippen molar-refractivity contribution in [3.63, 3.8) is 0 Å². The zero-order valence-electron chi connectivity index (χ0n) is 8.25. The Hall–Kier alpha value is -0.610. The molecule has 1 atom stereocenters. The third kappa shape index (κ3) is 9.30. The van der Waals surface area contributed by atoms with Crippen LogP contribution < -0.4 is 11.1 Å². The van der Waals surface area contributed by atoms with Gasteiger partial charge in [0.15, 0.2) is 0 Å². The first-order valence-electron chi connectivity index (χ1n) is 4.76. The second-order valence-electron chi connectivity index (χ2n) is 3.42. The van der Waals surface area contributed by atoms with E-state index in [4.69, 9.17) is 10.8 Å². The molecule has 4 heteroatoms. The Morgan fingerprint density at radius 2 is 2.23 bits per heavy atom. The first-order chi connectivity index (χ1) is 6.16. The highest BCUT2D eigenvalue weighted by atomic mass is 16.3. The Labute approximate surface area is 79.5 Å². The predicted octanol–water partition coefficient (Wildman–Crippen LogP) is -0.140. The van der Waals surface area contributed by atoms with Crippen LogP contribution in [0.25, 0.3) is 0 Å². The number of carbonyl (C=O) groups is 1. The number of nitrogens with one attached hydrogen (secondary N) is 1. The smallest absolute Gasteiger partial charge is 0.217 e. The van der Waals surface area contributed by atoms with E-state index < -0.39 is 0 Å². The lowest BCUT2D eigenvalue weighted by atomic mass is 10.2. The fraction of sp³-hybridized carbons (Fsp3) is 0.889. The molecule has 78 valence electrons.